The molecule has 0 atom stereocenters. The van der Waals surface area contributed by atoms with Crippen molar-refractivity contribution in [3.63, 3.8) is 0 Å². The van der Waals surface area contributed by atoms with Crippen LogP contribution in [-0.4, -0.2) is 40.3 Å². The lowest BCUT2D eigenvalue weighted by Gasteiger charge is -2.23. The molecule has 36 heavy (non-hydrogen) atoms. The zero-order chi connectivity index (χ0) is 26.2. The van der Waals surface area contributed by atoms with Crippen molar-refractivity contribution >= 4 is 21.6 Å². The molecule has 7 nitrogen and oxygen atoms in total. The fraction of sp³-hybridized carbons (Fsp3) is 0.321. The second-order valence-corrected chi connectivity index (χ2v) is 11.4. The van der Waals surface area contributed by atoms with E-state index in [1.807, 2.05) is 54.6 Å². The number of sulfonamides is 1. The molecule has 0 aliphatic carbocycles. The molecule has 0 radical (unpaired) electrons. The van der Waals surface area contributed by atoms with Crippen LogP contribution in [0, 0.1) is 0 Å². The minimum Gasteiger partial charge on any atom is -0.491 e. The summed E-state index contributed by atoms with van der Waals surface area (Å²) in [5, 5.41) is 2.74. The van der Waals surface area contributed by atoms with Gasteiger partial charge < -0.3 is 14.8 Å². The maximum absolute atomic E-state index is 12.5. The number of nitrogens with one attached hydrogen (secondary N) is 1. The van der Waals surface area contributed by atoms with Crippen LogP contribution < -0.4 is 19.1 Å². The Morgan fingerprint density at radius 2 is 1.53 bits per heavy atom. The maximum atomic E-state index is 12.5. The number of hydrogen-bond acceptors (Lipinski definition) is 5. The molecule has 0 fully saturated rings. The number of amides is 1. The van der Waals surface area contributed by atoms with Gasteiger partial charge >= 0.3 is 0 Å². The van der Waals surface area contributed by atoms with Crippen molar-refractivity contribution in [2.24, 2.45) is 0 Å². The van der Waals surface area contributed by atoms with Gasteiger partial charge in [0.1, 0.15) is 31.3 Å². The standard InChI is InChI=1S/C28H34N2O5S/c1-28(2,3)25-12-8-9-13-26(25)34-19-18-29-27(31)20-30(36(4,32)33)23-14-16-24(17-15-23)35-21-22-10-6-5-7-11-22/h5-17H,18-21H2,1-4H3,(H,29,31). The van der Waals surface area contributed by atoms with Crippen LogP contribution in [0.2, 0.25) is 0 Å². The minimum absolute atomic E-state index is 0.0715. The Kier molecular flexibility index (Phi) is 8.98. The summed E-state index contributed by atoms with van der Waals surface area (Å²) < 4.78 is 37.5. The van der Waals surface area contributed by atoms with Gasteiger partial charge in [-0.1, -0.05) is 69.3 Å². The number of carbonyl (C=O) groups excluding carboxylic acids is 1. The number of para-hydroxylation sites is 1. The van der Waals surface area contributed by atoms with Crippen molar-refractivity contribution in [2.45, 2.75) is 32.8 Å². The summed E-state index contributed by atoms with van der Waals surface area (Å²) in [6.07, 6.45) is 1.08. The molecule has 0 saturated heterocycles. The molecule has 3 aromatic carbocycles. The molecule has 0 unspecified atom stereocenters. The maximum Gasteiger partial charge on any atom is 0.240 e. The quantitative estimate of drug-likeness (QED) is 0.383. The predicted octanol–water partition coefficient (Wildman–Crippen LogP) is 4.52. The molecule has 1 amide bonds. The van der Waals surface area contributed by atoms with Crippen molar-refractivity contribution < 1.29 is 22.7 Å². The van der Waals surface area contributed by atoms with Crippen molar-refractivity contribution in [3.8, 4) is 11.5 Å². The highest BCUT2D eigenvalue weighted by molar-refractivity contribution is 7.92. The Bertz CT molecular complexity index is 1240. The third kappa shape index (κ3) is 8.02. The molecule has 8 heteroatoms. The summed E-state index contributed by atoms with van der Waals surface area (Å²) in [6.45, 7) is 6.92. The first-order valence-corrected chi connectivity index (χ1v) is 13.6. The van der Waals surface area contributed by atoms with E-state index in [0.29, 0.717) is 18.0 Å². The van der Waals surface area contributed by atoms with Crippen LogP contribution >= 0.6 is 0 Å². The molecule has 0 aliphatic rings. The highest BCUT2D eigenvalue weighted by Crippen LogP contribution is 2.30. The summed E-state index contributed by atoms with van der Waals surface area (Å²) in [4.78, 5) is 12.5. The molecule has 0 heterocycles. The minimum atomic E-state index is -3.68. The summed E-state index contributed by atoms with van der Waals surface area (Å²) in [5.74, 6) is 0.956. The van der Waals surface area contributed by atoms with E-state index < -0.39 is 15.9 Å². The van der Waals surface area contributed by atoms with Crippen LogP contribution in [0.5, 0.6) is 11.5 Å². The molecule has 0 bridgehead atoms. The molecular formula is C28H34N2O5S. The second kappa shape index (κ2) is 11.9. The number of ether oxygens (including phenoxy) is 2. The third-order valence-electron chi connectivity index (χ3n) is 5.44. The monoisotopic (exact) mass is 510 g/mol. The van der Waals surface area contributed by atoms with E-state index in [0.717, 1.165) is 27.4 Å². The number of nitrogens with zero attached hydrogens (tertiary/aromatic N) is 1. The van der Waals surface area contributed by atoms with Crippen molar-refractivity contribution in [3.05, 3.63) is 90.0 Å². The smallest absolute Gasteiger partial charge is 0.240 e. The number of benzene rings is 3. The van der Waals surface area contributed by atoms with Gasteiger partial charge in [-0.3, -0.25) is 9.10 Å². The first-order chi connectivity index (χ1) is 17.0. The topological polar surface area (TPSA) is 84.9 Å². The van der Waals surface area contributed by atoms with Crippen molar-refractivity contribution in [1.82, 2.24) is 5.32 Å². The largest absolute Gasteiger partial charge is 0.491 e. The van der Waals surface area contributed by atoms with E-state index in [1.54, 1.807) is 24.3 Å². The van der Waals surface area contributed by atoms with Crippen LogP contribution in [0.1, 0.15) is 31.9 Å². The second-order valence-electron chi connectivity index (χ2n) is 9.48. The van der Waals surface area contributed by atoms with E-state index in [4.69, 9.17) is 9.47 Å². The van der Waals surface area contributed by atoms with Crippen LogP contribution in [0.25, 0.3) is 0 Å². The molecule has 1 N–H and O–H groups in total. The fourth-order valence-corrected chi connectivity index (χ4v) is 4.46. The third-order valence-corrected chi connectivity index (χ3v) is 6.58. The van der Waals surface area contributed by atoms with Gasteiger partial charge in [0, 0.05) is 0 Å². The van der Waals surface area contributed by atoms with Gasteiger partial charge in [0.2, 0.25) is 15.9 Å². The highest BCUT2D eigenvalue weighted by atomic mass is 32.2. The van der Waals surface area contributed by atoms with Gasteiger partial charge in [0.15, 0.2) is 0 Å². The van der Waals surface area contributed by atoms with Crippen LogP contribution in [0.3, 0.4) is 0 Å². The van der Waals surface area contributed by atoms with Crippen molar-refractivity contribution in [2.75, 3.05) is 30.3 Å². The van der Waals surface area contributed by atoms with Crippen LogP contribution in [0.4, 0.5) is 5.69 Å². The summed E-state index contributed by atoms with van der Waals surface area (Å²) in [5.41, 5.74) is 2.42. The molecular weight excluding hydrogens is 476 g/mol. The lowest BCUT2D eigenvalue weighted by Crippen LogP contribution is -2.41. The average Bonchev–Trinajstić information content (AvgIpc) is 2.84. The number of carbonyl (C=O) groups is 1. The molecule has 0 aromatic heterocycles. The van der Waals surface area contributed by atoms with Gasteiger partial charge in [0.25, 0.3) is 0 Å². The molecule has 0 saturated carbocycles. The fourth-order valence-electron chi connectivity index (χ4n) is 3.60. The van der Waals surface area contributed by atoms with Gasteiger partial charge in [0.05, 0.1) is 18.5 Å². The average molecular weight is 511 g/mol. The van der Waals surface area contributed by atoms with Gasteiger partial charge in [-0.25, -0.2) is 8.42 Å². The van der Waals surface area contributed by atoms with E-state index >= 15 is 0 Å². The predicted molar refractivity (Wildman–Crippen MR) is 143 cm³/mol. The Morgan fingerprint density at radius 3 is 2.17 bits per heavy atom. The molecule has 3 rings (SSSR count). The highest BCUT2D eigenvalue weighted by Gasteiger charge is 2.21. The first-order valence-electron chi connectivity index (χ1n) is 11.8. The lowest BCUT2D eigenvalue weighted by molar-refractivity contribution is -0.119. The number of rotatable bonds is 11. The molecule has 192 valence electrons. The van der Waals surface area contributed by atoms with E-state index in [-0.39, 0.29) is 25.1 Å². The zero-order valence-corrected chi connectivity index (χ0v) is 22.0. The van der Waals surface area contributed by atoms with Crippen LogP contribution in [0.15, 0.2) is 78.9 Å². The number of anilines is 1. The van der Waals surface area contributed by atoms with Gasteiger partial charge in [-0.15, -0.1) is 0 Å². The van der Waals surface area contributed by atoms with E-state index in [2.05, 4.69) is 26.1 Å². The summed E-state index contributed by atoms with van der Waals surface area (Å²) in [6, 6.07) is 24.2. The van der Waals surface area contributed by atoms with E-state index in [9.17, 15) is 13.2 Å². The Morgan fingerprint density at radius 1 is 0.889 bits per heavy atom. The Labute approximate surface area is 214 Å². The lowest BCUT2D eigenvalue weighted by atomic mass is 9.86. The Hall–Kier alpha value is -3.52. The molecule has 0 spiro atoms. The van der Waals surface area contributed by atoms with Gasteiger partial charge in [-0.2, -0.15) is 0 Å². The normalized spacial score (nSPS) is 11.6. The molecule has 3 aromatic rings. The summed E-state index contributed by atoms with van der Waals surface area (Å²) in [7, 11) is -3.68. The van der Waals surface area contributed by atoms with E-state index in [1.165, 1.54) is 0 Å². The zero-order valence-electron chi connectivity index (χ0n) is 21.2. The molecule has 0 aliphatic heterocycles. The van der Waals surface area contributed by atoms with Crippen LogP contribution in [-0.2, 0) is 26.8 Å². The summed E-state index contributed by atoms with van der Waals surface area (Å²) >= 11 is 0. The number of hydrogen-bond donors (Lipinski definition) is 1. The SMILES string of the molecule is CC(C)(C)c1ccccc1OCCNC(=O)CN(c1ccc(OCc2ccccc2)cc1)S(C)(=O)=O. The first kappa shape index (κ1) is 27.1. The van der Waals surface area contributed by atoms with Gasteiger partial charge in [-0.05, 0) is 46.9 Å². The Balaban J connectivity index is 1.54. The van der Waals surface area contributed by atoms with Crippen molar-refractivity contribution in [1.29, 1.82) is 0 Å².